The van der Waals surface area contributed by atoms with Crippen molar-refractivity contribution in [1.29, 1.82) is 0 Å². The number of halogens is 3. The maximum atomic E-state index is 12.9. The quantitative estimate of drug-likeness (QED) is 0.832. The van der Waals surface area contributed by atoms with Crippen LogP contribution < -0.4 is 5.32 Å². The van der Waals surface area contributed by atoms with E-state index >= 15 is 0 Å². The van der Waals surface area contributed by atoms with Gasteiger partial charge in [-0.15, -0.1) is 0 Å². The summed E-state index contributed by atoms with van der Waals surface area (Å²) in [6.45, 7) is 6.06. The third-order valence-corrected chi connectivity index (χ3v) is 4.94. The number of hydrogen-bond acceptors (Lipinski definition) is 3. The lowest BCUT2D eigenvalue weighted by Gasteiger charge is -2.44. The van der Waals surface area contributed by atoms with Crippen molar-refractivity contribution in [2.75, 3.05) is 19.6 Å². The van der Waals surface area contributed by atoms with Crippen LogP contribution in [-0.2, 0) is 6.18 Å². The molecular formula is C20H27F3N2O. The Labute approximate surface area is 152 Å². The minimum Gasteiger partial charge on any atom is -0.389 e. The Hall–Kier alpha value is -1.37. The number of likely N-dealkylation sites (tertiary alicyclic amines) is 1. The Morgan fingerprint density at radius 2 is 1.96 bits per heavy atom. The monoisotopic (exact) mass is 368 g/mol. The number of rotatable bonds is 5. The van der Waals surface area contributed by atoms with Gasteiger partial charge in [-0.1, -0.05) is 18.2 Å². The number of aliphatic hydroxyl groups is 1. The molecule has 3 rings (SSSR count). The molecule has 1 aromatic rings. The molecule has 0 spiro atoms. The second-order valence-electron chi connectivity index (χ2n) is 8.14. The minimum atomic E-state index is -4.31. The van der Waals surface area contributed by atoms with Crippen molar-refractivity contribution in [2.45, 2.75) is 57.0 Å². The number of hydrogen-bond donors (Lipinski definition) is 2. The van der Waals surface area contributed by atoms with Crippen LogP contribution in [-0.4, -0.2) is 47.3 Å². The van der Waals surface area contributed by atoms with Crippen LogP contribution in [0.25, 0.3) is 5.57 Å². The smallest absolute Gasteiger partial charge is 0.389 e. The van der Waals surface area contributed by atoms with E-state index in [0.717, 1.165) is 44.0 Å². The fourth-order valence-electron chi connectivity index (χ4n) is 3.84. The second kappa shape index (κ2) is 7.33. The fraction of sp³-hybridized carbons (Fsp3) is 0.600. The van der Waals surface area contributed by atoms with Crippen molar-refractivity contribution in [1.82, 2.24) is 10.2 Å². The highest BCUT2D eigenvalue weighted by Crippen LogP contribution is 2.33. The Kier molecular flexibility index (Phi) is 5.47. The summed E-state index contributed by atoms with van der Waals surface area (Å²) in [7, 11) is 0. The first kappa shape index (κ1) is 19.4. The summed E-state index contributed by atoms with van der Waals surface area (Å²) in [5, 5.41) is 13.4. The van der Waals surface area contributed by atoms with Gasteiger partial charge in [0.15, 0.2) is 0 Å². The molecule has 1 aliphatic carbocycles. The maximum Gasteiger partial charge on any atom is 0.416 e. The molecule has 0 radical (unpaired) electrons. The summed E-state index contributed by atoms with van der Waals surface area (Å²) < 4.78 is 38.8. The van der Waals surface area contributed by atoms with Gasteiger partial charge in [0.25, 0.3) is 0 Å². The van der Waals surface area contributed by atoms with Crippen LogP contribution in [0.3, 0.4) is 0 Å². The van der Waals surface area contributed by atoms with Gasteiger partial charge in [-0.25, -0.2) is 0 Å². The highest BCUT2D eigenvalue weighted by atomic mass is 19.4. The van der Waals surface area contributed by atoms with Gasteiger partial charge in [0.2, 0.25) is 0 Å². The molecule has 3 nitrogen and oxygen atoms in total. The van der Waals surface area contributed by atoms with E-state index in [1.165, 1.54) is 12.1 Å². The van der Waals surface area contributed by atoms with Crippen LogP contribution in [0.5, 0.6) is 0 Å². The number of benzene rings is 1. The van der Waals surface area contributed by atoms with Crippen molar-refractivity contribution in [3.63, 3.8) is 0 Å². The van der Waals surface area contributed by atoms with E-state index in [9.17, 15) is 18.3 Å². The van der Waals surface area contributed by atoms with Crippen molar-refractivity contribution in [3.8, 4) is 0 Å². The Morgan fingerprint density at radius 3 is 2.62 bits per heavy atom. The topological polar surface area (TPSA) is 35.5 Å². The van der Waals surface area contributed by atoms with Crippen LogP contribution in [0.1, 0.15) is 44.2 Å². The first-order valence-corrected chi connectivity index (χ1v) is 9.19. The first-order chi connectivity index (χ1) is 12.1. The largest absolute Gasteiger partial charge is 0.416 e. The first-order valence-electron chi connectivity index (χ1n) is 9.19. The maximum absolute atomic E-state index is 12.9. The van der Waals surface area contributed by atoms with E-state index in [-0.39, 0.29) is 6.04 Å². The predicted octanol–water partition coefficient (Wildman–Crippen LogP) is 3.69. The standard InChI is InChI=1S/C20H27F3N2O/c1-19(2,26)13-25-11-18(12-25)24-17-8-4-6-15(10-17)14-5-3-7-16(9-14)20(21,22)23/h3,5,7,9-10,17-18,24,26H,4,6,8,11-13H2,1-2H3. The zero-order chi connectivity index (χ0) is 18.9. The molecule has 1 fully saturated rings. The molecule has 144 valence electrons. The van der Waals surface area contributed by atoms with Gasteiger partial charge in [0.05, 0.1) is 11.2 Å². The molecule has 26 heavy (non-hydrogen) atoms. The summed E-state index contributed by atoms with van der Waals surface area (Å²) in [5.41, 5.74) is 0.384. The van der Waals surface area contributed by atoms with Crippen molar-refractivity contribution in [2.24, 2.45) is 0 Å². The highest BCUT2D eigenvalue weighted by molar-refractivity contribution is 5.67. The molecule has 0 saturated carbocycles. The van der Waals surface area contributed by atoms with E-state index in [1.807, 2.05) is 0 Å². The summed E-state index contributed by atoms with van der Waals surface area (Å²) >= 11 is 0. The molecule has 2 N–H and O–H groups in total. The van der Waals surface area contributed by atoms with E-state index < -0.39 is 17.3 Å². The van der Waals surface area contributed by atoms with Gasteiger partial charge >= 0.3 is 6.18 Å². The Balaban J connectivity index is 1.60. The van der Waals surface area contributed by atoms with Crippen LogP contribution in [0.15, 0.2) is 30.3 Å². The van der Waals surface area contributed by atoms with Gasteiger partial charge in [-0.3, -0.25) is 4.90 Å². The van der Waals surface area contributed by atoms with Gasteiger partial charge < -0.3 is 10.4 Å². The van der Waals surface area contributed by atoms with Gasteiger partial charge in [-0.05, 0) is 56.4 Å². The molecule has 6 heteroatoms. The summed E-state index contributed by atoms with van der Waals surface area (Å²) in [6.07, 6.45) is 0.579. The zero-order valence-electron chi connectivity index (χ0n) is 15.3. The van der Waals surface area contributed by atoms with Crippen molar-refractivity contribution < 1.29 is 18.3 Å². The molecule has 1 atom stereocenters. The third-order valence-electron chi connectivity index (χ3n) is 4.94. The van der Waals surface area contributed by atoms with Crippen LogP contribution in [0.4, 0.5) is 13.2 Å². The van der Waals surface area contributed by atoms with Crippen LogP contribution in [0, 0.1) is 0 Å². The molecule has 0 bridgehead atoms. The summed E-state index contributed by atoms with van der Waals surface area (Å²) in [5.74, 6) is 0. The molecular weight excluding hydrogens is 341 g/mol. The molecule has 1 heterocycles. The minimum absolute atomic E-state index is 0.197. The molecule has 1 aromatic carbocycles. The van der Waals surface area contributed by atoms with E-state index in [0.29, 0.717) is 18.2 Å². The Bertz CT molecular complexity index is 658. The van der Waals surface area contributed by atoms with E-state index in [2.05, 4.69) is 16.3 Å². The Morgan fingerprint density at radius 1 is 1.23 bits per heavy atom. The highest BCUT2D eigenvalue weighted by Gasteiger charge is 2.32. The molecule has 2 aliphatic rings. The van der Waals surface area contributed by atoms with Crippen molar-refractivity contribution in [3.05, 3.63) is 41.5 Å². The van der Waals surface area contributed by atoms with Gasteiger partial charge in [0, 0.05) is 31.7 Å². The zero-order valence-corrected chi connectivity index (χ0v) is 15.3. The number of allylic oxidation sites excluding steroid dienone is 1. The molecule has 0 aromatic heterocycles. The number of nitrogens with zero attached hydrogens (tertiary/aromatic N) is 1. The van der Waals surface area contributed by atoms with Crippen molar-refractivity contribution >= 4 is 5.57 Å². The van der Waals surface area contributed by atoms with Gasteiger partial charge in [-0.2, -0.15) is 13.2 Å². The average molecular weight is 368 g/mol. The lowest BCUT2D eigenvalue weighted by Crippen LogP contribution is -2.62. The van der Waals surface area contributed by atoms with E-state index in [1.54, 1.807) is 19.9 Å². The lowest BCUT2D eigenvalue weighted by molar-refractivity contribution is -0.137. The molecule has 1 aliphatic heterocycles. The molecule has 0 amide bonds. The lowest BCUT2D eigenvalue weighted by atomic mass is 9.89. The molecule has 1 saturated heterocycles. The predicted molar refractivity (Wildman–Crippen MR) is 96.7 cm³/mol. The SMILES string of the molecule is CC(C)(O)CN1CC(NC2C=C(c3cccc(C(F)(F)F)c3)CCC2)C1. The van der Waals surface area contributed by atoms with E-state index in [4.69, 9.17) is 0 Å². The average Bonchev–Trinajstić information content (AvgIpc) is 2.51. The normalized spacial score (nSPS) is 22.8. The summed E-state index contributed by atoms with van der Waals surface area (Å²) in [6, 6.07) is 6.19. The third kappa shape index (κ3) is 5.09. The van der Waals surface area contributed by atoms with Crippen LogP contribution >= 0.6 is 0 Å². The summed E-state index contributed by atoms with van der Waals surface area (Å²) in [4.78, 5) is 2.21. The molecule has 1 unspecified atom stereocenters. The number of nitrogens with one attached hydrogen (secondary N) is 1. The second-order valence-corrected chi connectivity index (χ2v) is 8.14. The number of alkyl halides is 3. The number of β-amino-alcohol motifs (C(OH)–C–C–N with tert-alkyl or cyclic N) is 1. The van der Waals surface area contributed by atoms with Gasteiger partial charge in [0.1, 0.15) is 0 Å². The van der Waals surface area contributed by atoms with Crippen LogP contribution in [0.2, 0.25) is 0 Å². The fourth-order valence-corrected chi connectivity index (χ4v) is 3.84.